The molecule has 0 atom stereocenters. The Balaban J connectivity index is 2.35. The van der Waals surface area contributed by atoms with Gasteiger partial charge in [-0.2, -0.15) is 0 Å². The van der Waals surface area contributed by atoms with E-state index >= 15 is 0 Å². The minimum atomic E-state index is -0.951. The van der Waals surface area contributed by atoms with Crippen LogP contribution in [0, 0.1) is 0 Å². The molecule has 1 aliphatic rings. The zero-order valence-corrected chi connectivity index (χ0v) is 11.3. The van der Waals surface area contributed by atoms with Crippen molar-refractivity contribution in [2.75, 3.05) is 26.7 Å². The van der Waals surface area contributed by atoms with Crippen molar-refractivity contribution < 1.29 is 19.4 Å². The molecule has 2 amide bonds. The van der Waals surface area contributed by atoms with Gasteiger partial charge in [-0.25, -0.2) is 9.59 Å². The number of hydrogen-bond donors (Lipinski definition) is 1. The quantitative estimate of drug-likeness (QED) is 0.817. The first-order valence-corrected chi connectivity index (χ1v) is 6.27. The van der Waals surface area contributed by atoms with Crippen LogP contribution in [0.1, 0.15) is 26.7 Å². The van der Waals surface area contributed by atoms with Crippen molar-refractivity contribution in [3.8, 4) is 0 Å². The van der Waals surface area contributed by atoms with Gasteiger partial charge in [0.05, 0.1) is 6.10 Å². The highest BCUT2D eigenvalue weighted by Gasteiger charge is 2.26. The molecule has 0 radical (unpaired) electrons. The normalized spacial score (nSPS) is 17.0. The molecule has 0 aromatic heterocycles. The summed E-state index contributed by atoms with van der Waals surface area (Å²) in [7, 11) is 1.79. The van der Waals surface area contributed by atoms with Crippen LogP contribution >= 0.6 is 0 Å². The maximum absolute atomic E-state index is 12.0. The molecule has 0 bridgehead atoms. The topological polar surface area (TPSA) is 70.1 Å². The van der Waals surface area contributed by atoms with Crippen LogP contribution in [0.5, 0.6) is 0 Å². The molecule has 1 saturated heterocycles. The number of rotatable bonds is 4. The summed E-state index contributed by atoms with van der Waals surface area (Å²) in [6.45, 7) is 4.94. The molecule has 0 unspecified atom stereocenters. The molecule has 0 aromatic rings. The fourth-order valence-corrected chi connectivity index (χ4v) is 1.85. The van der Waals surface area contributed by atoms with Gasteiger partial charge < -0.3 is 19.6 Å². The number of carbonyl (C=O) groups is 2. The summed E-state index contributed by atoms with van der Waals surface area (Å²) in [6, 6.07) is 0.208. The second-order valence-corrected chi connectivity index (χ2v) is 4.88. The first-order valence-electron chi connectivity index (χ1n) is 6.27. The Morgan fingerprint density at radius 3 is 2.39 bits per heavy atom. The van der Waals surface area contributed by atoms with Gasteiger partial charge in [0, 0.05) is 26.2 Å². The van der Waals surface area contributed by atoms with Crippen molar-refractivity contribution in [1.82, 2.24) is 9.80 Å². The van der Waals surface area contributed by atoms with Crippen LogP contribution in [-0.4, -0.2) is 65.8 Å². The van der Waals surface area contributed by atoms with E-state index in [9.17, 15) is 9.59 Å². The second-order valence-electron chi connectivity index (χ2n) is 4.88. The number of carboxylic acid groups (broad SMARTS) is 1. The smallest absolute Gasteiger partial charge is 0.329 e. The predicted octanol–water partition coefficient (Wildman–Crippen LogP) is 1.01. The number of amides is 2. The molecule has 0 aromatic carbocycles. The van der Waals surface area contributed by atoms with Gasteiger partial charge in [-0.15, -0.1) is 0 Å². The highest BCUT2D eigenvalue weighted by molar-refractivity contribution is 5.74. The highest BCUT2D eigenvalue weighted by atomic mass is 16.5. The number of ether oxygens (including phenoxy) is 1. The van der Waals surface area contributed by atoms with Crippen LogP contribution < -0.4 is 0 Å². The molecule has 1 fully saturated rings. The van der Waals surface area contributed by atoms with Crippen LogP contribution in [0.2, 0.25) is 0 Å². The Hall–Kier alpha value is -1.30. The molecule has 1 heterocycles. The van der Waals surface area contributed by atoms with Gasteiger partial charge in [-0.05, 0) is 26.7 Å². The molecule has 0 saturated carbocycles. The number of carboxylic acids is 1. The molecule has 1 aliphatic heterocycles. The summed E-state index contributed by atoms with van der Waals surface area (Å²) in [6.07, 6.45) is 1.35. The lowest BCUT2D eigenvalue weighted by Crippen LogP contribution is -2.48. The SMILES string of the molecule is CC(C)N(C)C(=O)N1CCC(OCC(=O)O)CC1. The Morgan fingerprint density at radius 1 is 1.39 bits per heavy atom. The summed E-state index contributed by atoms with van der Waals surface area (Å²) in [5.41, 5.74) is 0. The molecular weight excluding hydrogens is 236 g/mol. The van der Waals surface area contributed by atoms with Crippen LogP contribution in [-0.2, 0) is 9.53 Å². The van der Waals surface area contributed by atoms with E-state index in [4.69, 9.17) is 9.84 Å². The lowest BCUT2D eigenvalue weighted by molar-refractivity contribution is -0.145. The molecule has 6 heteroatoms. The zero-order valence-electron chi connectivity index (χ0n) is 11.3. The molecular formula is C12H22N2O4. The van der Waals surface area contributed by atoms with Gasteiger partial charge >= 0.3 is 12.0 Å². The second kappa shape index (κ2) is 6.58. The number of aliphatic carboxylic acids is 1. The number of hydrogen-bond acceptors (Lipinski definition) is 3. The van der Waals surface area contributed by atoms with Crippen molar-refractivity contribution in [1.29, 1.82) is 0 Å². The predicted molar refractivity (Wildman–Crippen MR) is 66.5 cm³/mol. The number of nitrogens with zero attached hydrogens (tertiary/aromatic N) is 2. The van der Waals surface area contributed by atoms with E-state index in [1.165, 1.54) is 0 Å². The molecule has 0 aliphatic carbocycles. The minimum absolute atomic E-state index is 0.0293. The average Bonchev–Trinajstić information content (AvgIpc) is 2.35. The summed E-state index contributed by atoms with van der Waals surface area (Å²) in [5.74, 6) is -0.951. The largest absolute Gasteiger partial charge is 0.480 e. The molecule has 18 heavy (non-hydrogen) atoms. The third kappa shape index (κ3) is 4.18. The van der Waals surface area contributed by atoms with Crippen LogP contribution in [0.25, 0.3) is 0 Å². The van der Waals surface area contributed by atoms with E-state index in [0.717, 1.165) is 0 Å². The van der Waals surface area contributed by atoms with Gasteiger partial charge in [0.2, 0.25) is 0 Å². The fourth-order valence-electron chi connectivity index (χ4n) is 1.85. The lowest BCUT2D eigenvalue weighted by atomic mass is 10.1. The van der Waals surface area contributed by atoms with E-state index in [1.54, 1.807) is 16.8 Å². The molecule has 104 valence electrons. The first-order chi connectivity index (χ1) is 8.41. The highest BCUT2D eigenvalue weighted by Crippen LogP contribution is 2.15. The van der Waals surface area contributed by atoms with Crippen molar-refractivity contribution in [3.05, 3.63) is 0 Å². The van der Waals surface area contributed by atoms with Gasteiger partial charge in [-0.3, -0.25) is 0 Å². The van der Waals surface area contributed by atoms with Crippen molar-refractivity contribution in [2.45, 2.75) is 38.8 Å². The maximum Gasteiger partial charge on any atom is 0.329 e. The summed E-state index contributed by atoms with van der Waals surface area (Å²) < 4.78 is 5.23. The Bertz CT molecular complexity index is 298. The van der Waals surface area contributed by atoms with Gasteiger partial charge in [0.25, 0.3) is 0 Å². The third-order valence-corrected chi connectivity index (χ3v) is 3.23. The minimum Gasteiger partial charge on any atom is -0.480 e. The van der Waals surface area contributed by atoms with Gasteiger partial charge in [0.1, 0.15) is 6.61 Å². The number of carbonyl (C=O) groups excluding carboxylic acids is 1. The van der Waals surface area contributed by atoms with E-state index in [0.29, 0.717) is 25.9 Å². The van der Waals surface area contributed by atoms with E-state index < -0.39 is 5.97 Å². The fraction of sp³-hybridized carbons (Fsp3) is 0.833. The standard InChI is InChI=1S/C12H22N2O4/c1-9(2)13(3)12(17)14-6-4-10(5-7-14)18-8-11(15)16/h9-10H,4-8H2,1-3H3,(H,15,16). The van der Waals surface area contributed by atoms with Gasteiger partial charge in [-0.1, -0.05) is 0 Å². The number of likely N-dealkylation sites (tertiary alicyclic amines) is 1. The Labute approximate surface area is 107 Å². The first kappa shape index (κ1) is 14.8. The maximum atomic E-state index is 12.0. The monoisotopic (exact) mass is 258 g/mol. The molecule has 1 N–H and O–H groups in total. The van der Waals surface area contributed by atoms with Crippen LogP contribution in [0.3, 0.4) is 0 Å². The van der Waals surface area contributed by atoms with Crippen LogP contribution in [0.15, 0.2) is 0 Å². The van der Waals surface area contributed by atoms with Crippen molar-refractivity contribution in [2.24, 2.45) is 0 Å². The molecule has 6 nitrogen and oxygen atoms in total. The Kier molecular flexibility index (Phi) is 5.40. The number of piperidine rings is 1. The molecule has 0 spiro atoms. The molecule has 1 rings (SSSR count). The number of urea groups is 1. The van der Waals surface area contributed by atoms with E-state index in [2.05, 4.69) is 0 Å². The average molecular weight is 258 g/mol. The van der Waals surface area contributed by atoms with E-state index in [-0.39, 0.29) is 24.8 Å². The van der Waals surface area contributed by atoms with E-state index in [1.807, 2.05) is 13.8 Å². The lowest BCUT2D eigenvalue weighted by Gasteiger charge is -2.35. The summed E-state index contributed by atoms with van der Waals surface area (Å²) >= 11 is 0. The van der Waals surface area contributed by atoms with Crippen molar-refractivity contribution in [3.63, 3.8) is 0 Å². The summed E-state index contributed by atoms with van der Waals surface area (Å²) in [5, 5.41) is 8.52. The Morgan fingerprint density at radius 2 is 1.94 bits per heavy atom. The van der Waals surface area contributed by atoms with Crippen molar-refractivity contribution >= 4 is 12.0 Å². The third-order valence-electron chi connectivity index (χ3n) is 3.23. The zero-order chi connectivity index (χ0) is 13.7. The van der Waals surface area contributed by atoms with Gasteiger partial charge in [0.15, 0.2) is 0 Å². The summed E-state index contributed by atoms with van der Waals surface area (Å²) in [4.78, 5) is 25.9. The van der Waals surface area contributed by atoms with Crippen LogP contribution in [0.4, 0.5) is 4.79 Å².